The predicted molar refractivity (Wildman–Crippen MR) is 79.8 cm³/mol. The third-order valence-electron chi connectivity index (χ3n) is 3.08. The quantitative estimate of drug-likeness (QED) is 0.613. The van der Waals surface area contributed by atoms with E-state index in [4.69, 9.17) is 0 Å². The van der Waals surface area contributed by atoms with Gasteiger partial charge in [0.2, 0.25) is 0 Å². The van der Waals surface area contributed by atoms with Gasteiger partial charge in [-0.25, -0.2) is 0 Å². The molecule has 2 aromatic rings. The fourth-order valence-corrected chi connectivity index (χ4v) is 2.16. The Kier molecular flexibility index (Phi) is 3.72. The molecular weight excluding hydrogens is 216 g/mol. The van der Waals surface area contributed by atoms with Gasteiger partial charge in [-0.05, 0) is 28.3 Å². The molecule has 18 heavy (non-hydrogen) atoms. The Balaban J connectivity index is 2.66. The van der Waals surface area contributed by atoms with Crippen LogP contribution in [-0.2, 0) is 0 Å². The van der Waals surface area contributed by atoms with Gasteiger partial charge < -0.3 is 0 Å². The molecule has 0 saturated carbocycles. The molecule has 0 heterocycles. The lowest BCUT2D eigenvalue weighted by molar-refractivity contribution is 0.866. The van der Waals surface area contributed by atoms with E-state index in [0.717, 1.165) is 5.56 Å². The zero-order valence-corrected chi connectivity index (χ0v) is 11.6. The maximum absolute atomic E-state index is 3.30. The molecule has 2 aromatic carbocycles. The van der Waals surface area contributed by atoms with Crippen LogP contribution in [0.1, 0.15) is 44.7 Å². The summed E-state index contributed by atoms with van der Waals surface area (Å²) in [6.45, 7) is 8.72. The number of hydrogen-bond acceptors (Lipinski definition) is 0. The summed E-state index contributed by atoms with van der Waals surface area (Å²) in [5, 5.41) is 2.61. The van der Waals surface area contributed by atoms with Gasteiger partial charge in [0.05, 0.1) is 0 Å². The molecule has 0 aliphatic rings. The Labute approximate surface area is 110 Å². The number of fused-ring (bicyclic) bond motifs is 1. The zero-order chi connectivity index (χ0) is 13.1. The van der Waals surface area contributed by atoms with Crippen LogP contribution in [-0.4, -0.2) is 0 Å². The van der Waals surface area contributed by atoms with Gasteiger partial charge in [-0.15, -0.1) is 0 Å². The topological polar surface area (TPSA) is 0 Å². The summed E-state index contributed by atoms with van der Waals surface area (Å²) >= 11 is 0. The average molecular weight is 236 g/mol. The highest BCUT2D eigenvalue weighted by Gasteiger charge is 2.06. The molecule has 0 saturated heterocycles. The highest BCUT2D eigenvalue weighted by molar-refractivity contribution is 5.91. The molecule has 2 rings (SSSR count). The Morgan fingerprint density at radius 1 is 0.833 bits per heavy atom. The summed E-state index contributed by atoms with van der Waals surface area (Å²) in [6.07, 6.45) is 0. The maximum Gasteiger partial charge on any atom is 0.0324 e. The first-order valence-corrected chi connectivity index (χ1v) is 6.62. The van der Waals surface area contributed by atoms with Gasteiger partial charge in [0.1, 0.15) is 0 Å². The smallest absolute Gasteiger partial charge is 0.0324 e. The molecule has 0 spiro atoms. The van der Waals surface area contributed by atoms with Crippen molar-refractivity contribution in [3.05, 3.63) is 47.5 Å². The van der Waals surface area contributed by atoms with Crippen molar-refractivity contribution < 1.29 is 0 Å². The fraction of sp³-hybridized carbons (Fsp3) is 0.333. The van der Waals surface area contributed by atoms with Crippen LogP contribution in [0.4, 0.5) is 0 Å². The number of hydrogen-bond donors (Lipinski definition) is 0. The molecule has 0 nitrogen and oxygen atoms in total. The van der Waals surface area contributed by atoms with Crippen LogP contribution in [0.15, 0.2) is 36.4 Å². The maximum atomic E-state index is 3.30. The molecule has 0 fully saturated rings. The molecule has 0 amide bonds. The molecule has 0 atom stereocenters. The minimum Gasteiger partial charge on any atom is -0.0950 e. The van der Waals surface area contributed by atoms with Crippen LogP contribution in [0.3, 0.4) is 0 Å². The Hall–Kier alpha value is -1.74. The van der Waals surface area contributed by atoms with Crippen LogP contribution < -0.4 is 0 Å². The lowest BCUT2D eigenvalue weighted by Gasteiger charge is -2.11. The molecule has 0 aliphatic carbocycles. The summed E-state index contributed by atoms with van der Waals surface area (Å²) in [6, 6.07) is 12.9. The van der Waals surface area contributed by atoms with Crippen LogP contribution in [0.25, 0.3) is 10.8 Å². The largest absolute Gasteiger partial charge is 0.0950 e. The van der Waals surface area contributed by atoms with E-state index in [1.54, 1.807) is 0 Å². The van der Waals surface area contributed by atoms with E-state index in [-0.39, 0.29) is 0 Å². The molecule has 92 valence electrons. The van der Waals surface area contributed by atoms with Crippen molar-refractivity contribution >= 4 is 10.8 Å². The van der Waals surface area contributed by atoms with E-state index in [1.807, 2.05) is 0 Å². The lowest BCUT2D eigenvalue weighted by Crippen LogP contribution is -1.91. The molecule has 0 aliphatic heterocycles. The van der Waals surface area contributed by atoms with E-state index >= 15 is 0 Å². The standard InChI is InChI=1S/C18H20/c1-13(2)9-10-15-11-12-16(14(3)4)18-8-6-5-7-17(15)18/h5-8,11-14H,1-4H3. The molecule has 0 heteroatoms. The van der Waals surface area contributed by atoms with Gasteiger partial charge in [0.15, 0.2) is 0 Å². The second-order valence-electron chi connectivity index (χ2n) is 5.33. The average Bonchev–Trinajstić information content (AvgIpc) is 2.35. The molecule has 0 N–H and O–H groups in total. The molecule has 0 radical (unpaired) electrons. The van der Waals surface area contributed by atoms with Crippen LogP contribution >= 0.6 is 0 Å². The Bertz CT molecular complexity index is 607. The Morgan fingerprint density at radius 3 is 2.11 bits per heavy atom. The van der Waals surface area contributed by atoms with Gasteiger partial charge in [-0.3, -0.25) is 0 Å². The normalized spacial score (nSPS) is 10.8. The van der Waals surface area contributed by atoms with Crippen LogP contribution in [0.2, 0.25) is 0 Å². The second kappa shape index (κ2) is 5.27. The first-order chi connectivity index (χ1) is 8.59. The van der Waals surface area contributed by atoms with Crippen molar-refractivity contribution in [3.63, 3.8) is 0 Å². The van der Waals surface area contributed by atoms with Crippen molar-refractivity contribution in [2.75, 3.05) is 0 Å². The summed E-state index contributed by atoms with van der Waals surface area (Å²) < 4.78 is 0. The monoisotopic (exact) mass is 236 g/mol. The van der Waals surface area contributed by atoms with E-state index in [1.165, 1.54) is 16.3 Å². The number of benzene rings is 2. The van der Waals surface area contributed by atoms with E-state index < -0.39 is 0 Å². The van der Waals surface area contributed by atoms with E-state index in [9.17, 15) is 0 Å². The minimum absolute atomic E-state index is 0.411. The summed E-state index contributed by atoms with van der Waals surface area (Å²) in [7, 11) is 0. The van der Waals surface area contributed by atoms with Gasteiger partial charge in [-0.2, -0.15) is 0 Å². The summed E-state index contributed by atoms with van der Waals surface area (Å²) in [5.41, 5.74) is 2.55. The lowest BCUT2D eigenvalue weighted by atomic mass is 9.93. The first kappa shape index (κ1) is 12.7. The molecular formula is C18H20. The Morgan fingerprint density at radius 2 is 1.50 bits per heavy atom. The highest BCUT2D eigenvalue weighted by Crippen LogP contribution is 2.27. The minimum atomic E-state index is 0.411. The van der Waals surface area contributed by atoms with Gasteiger partial charge in [-0.1, -0.05) is 69.9 Å². The molecule has 0 bridgehead atoms. The fourth-order valence-electron chi connectivity index (χ4n) is 2.16. The van der Waals surface area contributed by atoms with E-state index in [2.05, 4.69) is 75.9 Å². The SMILES string of the molecule is CC(C)C#Cc1ccc(C(C)C)c2ccccc12. The van der Waals surface area contributed by atoms with E-state index in [0.29, 0.717) is 11.8 Å². The zero-order valence-electron chi connectivity index (χ0n) is 11.6. The highest BCUT2D eigenvalue weighted by atomic mass is 14.1. The van der Waals surface area contributed by atoms with Gasteiger partial charge in [0, 0.05) is 11.5 Å². The second-order valence-corrected chi connectivity index (χ2v) is 5.33. The van der Waals surface area contributed by atoms with Crippen molar-refractivity contribution in [2.24, 2.45) is 5.92 Å². The van der Waals surface area contributed by atoms with Crippen molar-refractivity contribution in [3.8, 4) is 11.8 Å². The summed E-state index contributed by atoms with van der Waals surface area (Å²) in [5.74, 6) is 7.51. The van der Waals surface area contributed by atoms with Crippen molar-refractivity contribution in [1.82, 2.24) is 0 Å². The first-order valence-electron chi connectivity index (χ1n) is 6.62. The predicted octanol–water partition coefficient (Wildman–Crippen LogP) is 4.97. The summed E-state index contributed by atoms with van der Waals surface area (Å²) in [4.78, 5) is 0. The third-order valence-corrected chi connectivity index (χ3v) is 3.08. The molecule has 0 aromatic heterocycles. The van der Waals surface area contributed by atoms with Gasteiger partial charge in [0.25, 0.3) is 0 Å². The molecule has 0 unspecified atom stereocenters. The van der Waals surface area contributed by atoms with Crippen molar-refractivity contribution in [1.29, 1.82) is 0 Å². The van der Waals surface area contributed by atoms with Gasteiger partial charge >= 0.3 is 0 Å². The van der Waals surface area contributed by atoms with Crippen molar-refractivity contribution in [2.45, 2.75) is 33.6 Å². The van der Waals surface area contributed by atoms with Crippen LogP contribution in [0, 0.1) is 17.8 Å². The van der Waals surface area contributed by atoms with Crippen LogP contribution in [0.5, 0.6) is 0 Å². The number of rotatable bonds is 1. The third kappa shape index (κ3) is 2.57.